The van der Waals surface area contributed by atoms with Crippen molar-refractivity contribution in [1.82, 2.24) is 0 Å². The summed E-state index contributed by atoms with van der Waals surface area (Å²) in [5.41, 5.74) is 0. The molecule has 18 nitrogen and oxygen atoms in total. The molecule has 0 aliphatic heterocycles. The minimum Gasteiger partial charge on any atom is -0.416 e. The lowest BCUT2D eigenvalue weighted by Gasteiger charge is -2.43. The summed E-state index contributed by atoms with van der Waals surface area (Å²) in [6.07, 6.45) is 0. The van der Waals surface area contributed by atoms with Crippen LogP contribution in [0.4, 0.5) is 0 Å². The van der Waals surface area contributed by atoms with E-state index >= 15 is 0 Å². The number of rotatable bonds is 31. The van der Waals surface area contributed by atoms with E-state index in [0.29, 0.717) is 18.1 Å². The molecule has 0 amide bonds. The third-order valence-corrected chi connectivity index (χ3v) is 35.2. The van der Waals surface area contributed by atoms with Crippen molar-refractivity contribution < 1.29 is 78.4 Å². The zero-order valence-corrected chi connectivity index (χ0v) is 41.6. The molecule has 0 aliphatic rings. The fraction of sp³-hybridized carbons (Fsp3) is 1.00. The summed E-state index contributed by atoms with van der Waals surface area (Å²) in [6, 6.07) is 1.50. The zero-order valence-electron chi connectivity index (χ0n) is 33.6. The fourth-order valence-corrected chi connectivity index (χ4v) is 33.5. The average molecular weight is 867 g/mol. The summed E-state index contributed by atoms with van der Waals surface area (Å²) < 4.78 is 109. The van der Waals surface area contributed by atoms with E-state index in [-0.39, 0.29) is 18.1 Å². The minimum absolute atomic E-state index is 0.168. The molecule has 2 atom stereocenters. The summed E-state index contributed by atoms with van der Waals surface area (Å²) in [5, 5.41) is 0. The Morgan fingerprint density at radius 3 is 0.680 bits per heavy atom. The van der Waals surface area contributed by atoms with Gasteiger partial charge in [0.1, 0.15) is 0 Å². The molecule has 0 saturated heterocycles. The SMILES string of the molecule is CO[Si](C)(O[Si](C)(C)C)O[Si](CC[Si](OC)(OC)OC)(OC)O[Si](CC[Si](OC)(OC)O[Si](CC[Si](OC)(OC)OC)(OC)OC)(OC)OC. The van der Waals surface area contributed by atoms with Crippen molar-refractivity contribution in [3.8, 4) is 0 Å². The zero-order chi connectivity index (χ0) is 39.0. The fourth-order valence-electron chi connectivity index (χ4n) is 5.02. The summed E-state index contributed by atoms with van der Waals surface area (Å²) in [7, 11) is -4.89. The van der Waals surface area contributed by atoms with Gasteiger partial charge in [0.2, 0.25) is 0 Å². The Bertz CT molecular complexity index is 906. The van der Waals surface area contributed by atoms with Crippen molar-refractivity contribution in [1.29, 1.82) is 0 Å². The van der Waals surface area contributed by atoms with E-state index in [1.54, 1.807) is 7.11 Å². The van der Waals surface area contributed by atoms with Crippen molar-refractivity contribution in [2.24, 2.45) is 0 Å². The molecule has 0 aliphatic carbocycles. The smallest absolute Gasteiger partial charge is 0.416 e. The predicted octanol–water partition coefficient (Wildman–Crippen LogP) is 3.14. The maximum absolute atomic E-state index is 6.91. The van der Waals surface area contributed by atoms with E-state index in [9.17, 15) is 0 Å². The topological polar surface area (TPSA) is 166 Å². The molecule has 0 fully saturated rings. The lowest BCUT2D eigenvalue weighted by Crippen LogP contribution is -2.65. The van der Waals surface area contributed by atoms with Crippen molar-refractivity contribution in [3.63, 3.8) is 0 Å². The van der Waals surface area contributed by atoms with Gasteiger partial charge in [-0.05, 0) is 19.6 Å². The van der Waals surface area contributed by atoms with Crippen LogP contribution < -0.4 is 0 Å². The Morgan fingerprint density at radius 2 is 0.460 bits per heavy atom. The molecule has 0 spiro atoms. The highest BCUT2D eigenvalue weighted by atomic mass is 28.5. The van der Waals surface area contributed by atoms with Crippen molar-refractivity contribution in [2.75, 3.05) is 99.5 Å². The van der Waals surface area contributed by atoms with E-state index in [1.807, 2.05) is 26.2 Å². The van der Waals surface area contributed by atoms with Crippen LogP contribution >= 0.6 is 0 Å². The maximum Gasteiger partial charge on any atom is 0.500 e. The molecule has 50 heavy (non-hydrogen) atoms. The quantitative estimate of drug-likeness (QED) is 0.0933. The largest absolute Gasteiger partial charge is 0.500 e. The van der Waals surface area contributed by atoms with Gasteiger partial charge in [0.05, 0.1) is 0 Å². The van der Waals surface area contributed by atoms with Crippen LogP contribution in [0.2, 0.25) is 62.5 Å². The second kappa shape index (κ2) is 22.5. The van der Waals surface area contributed by atoms with Gasteiger partial charge >= 0.3 is 61.6 Å². The van der Waals surface area contributed by atoms with Crippen LogP contribution in [0.3, 0.4) is 0 Å². The lowest BCUT2D eigenvalue weighted by molar-refractivity contribution is 0.0730. The first kappa shape index (κ1) is 51.0. The summed E-state index contributed by atoms with van der Waals surface area (Å²) in [6.45, 7) is 7.95. The molecule has 0 saturated carbocycles. The lowest BCUT2D eigenvalue weighted by atomic mass is 10.9. The van der Waals surface area contributed by atoms with Gasteiger partial charge in [-0.3, -0.25) is 0 Å². The number of hydrogen-bond acceptors (Lipinski definition) is 18. The molecule has 0 rings (SSSR count). The van der Waals surface area contributed by atoms with E-state index in [1.165, 1.54) is 92.4 Å². The van der Waals surface area contributed by atoms with Gasteiger partial charge in [-0.15, -0.1) is 0 Å². The van der Waals surface area contributed by atoms with Gasteiger partial charge in [-0.2, -0.15) is 0 Å². The first-order valence-corrected chi connectivity index (χ1v) is 33.1. The molecule has 0 radical (unpaired) electrons. The van der Waals surface area contributed by atoms with Gasteiger partial charge in [0.25, 0.3) is 0 Å². The minimum atomic E-state index is -3.83. The molecular formula is C24H66O18Si8. The normalized spacial score (nSPS) is 16.4. The highest BCUT2D eigenvalue weighted by molar-refractivity contribution is 6.86. The monoisotopic (exact) mass is 866 g/mol. The standard InChI is InChI=1S/C24H66O18Si8/c1-25-44(18,39-43(15,16)17)40-50(38-14,24-20-46(29-5,30-6)31-7)42-49(36-12,37-13)23-22-48(34-10,35-11)41-47(32-8,33-9)21-19-45(26-2,27-3)28-4/h19-24H2,1-18H3. The van der Waals surface area contributed by atoms with Crippen LogP contribution in [0, 0.1) is 0 Å². The maximum atomic E-state index is 6.91. The second-order valence-corrected chi connectivity index (χ2v) is 38.0. The van der Waals surface area contributed by atoms with Crippen molar-refractivity contribution >= 4 is 69.9 Å². The van der Waals surface area contributed by atoms with E-state index in [0.717, 1.165) is 0 Å². The van der Waals surface area contributed by atoms with Crippen molar-refractivity contribution in [2.45, 2.75) is 62.5 Å². The Morgan fingerprint density at radius 1 is 0.240 bits per heavy atom. The summed E-state index contributed by atoms with van der Waals surface area (Å²) in [5.74, 6) is 0. The van der Waals surface area contributed by atoms with Gasteiger partial charge in [0.15, 0.2) is 8.32 Å². The summed E-state index contributed by atoms with van der Waals surface area (Å²) in [4.78, 5) is 0. The Balaban J connectivity index is 6.85. The Kier molecular flexibility index (Phi) is 23.0. The number of hydrogen-bond donors (Lipinski definition) is 0. The molecule has 0 aromatic carbocycles. The van der Waals surface area contributed by atoms with E-state index < -0.39 is 69.9 Å². The van der Waals surface area contributed by atoms with Crippen LogP contribution in [-0.4, -0.2) is 169 Å². The third-order valence-electron chi connectivity index (χ3n) is 8.08. The first-order valence-electron chi connectivity index (χ1n) is 15.8. The van der Waals surface area contributed by atoms with Crippen molar-refractivity contribution in [3.05, 3.63) is 0 Å². The third kappa shape index (κ3) is 14.6. The van der Waals surface area contributed by atoms with Gasteiger partial charge in [0, 0.05) is 142 Å². The highest BCUT2D eigenvalue weighted by Gasteiger charge is 2.61. The molecule has 0 bridgehead atoms. The van der Waals surface area contributed by atoms with Crippen LogP contribution in [-0.2, 0) is 78.4 Å². The van der Waals surface area contributed by atoms with Gasteiger partial charge < -0.3 is 78.4 Å². The summed E-state index contributed by atoms with van der Waals surface area (Å²) >= 11 is 0. The highest BCUT2D eigenvalue weighted by Crippen LogP contribution is 2.36. The molecule has 0 heterocycles. The predicted molar refractivity (Wildman–Crippen MR) is 201 cm³/mol. The second-order valence-electron chi connectivity index (χ2n) is 11.8. The van der Waals surface area contributed by atoms with Crippen LogP contribution in [0.15, 0.2) is 0 Å². The molecule has 0 aromatic heterocycles. The van der Waals surface area contributed by atoms with E-state index in [2.05, 4.69) is 0 Å². The van der Waals surface area contributed by atoms with Crippen LogP contribution in [0.25, 0.3) is 0 Å². The first-order chi connectivity index (χ1) is 23.3. The Labute approximate surface area is 309 Å². The van der Waals surface area contributed by atoms with Crippen LogP contribution in [0.1, 0.15) is 0 Å². The average Bonchev–Trinajstić information content (AvgIpc) is 3.12. The molecule has 26 heteroatoms. The van der Waals surface area contributed by atoms with Crippen LogP contribution in [0.5, 0.6) is 0 Å². The molecule has 302 valence electrons. The Hall–Kier alpha value is 1.02. The van der Waals surface area contributed by atoms with Gasteiger partial charge in [-0.25, -0.2) is 0 Å². The van der Waals surface area contributed by atoms with Gasteiger partial charge in [-0.1, -0.05) is 0 Å². The van der Waals surface area contributed by atoms with E-state index in [4.69, 9.17) is 78.4 Å². The molecule has 0 aromatic rings. The molecule has 0 N–H and O–H groups in total. The molecule has 2 unspecified atom stereocenters. The molecular weight excluding hydrogens is 801 g/mol.